The van der Waals surface area contributed by atoms with E-state index >= 15 is 0 Å². The van der Waals surface area contributed by atoms with Crippen molar-refractivity contribution in [3.05, 3.63) is 0 Å². The van der Waals surface area contributed by atoms with Crippen molar-refractivity contribution in [1.82, 2.24) is 4.90 Å². The molecule has 0 bridgehead atoms. The topological polar surface area (TPSA) is 58.7 Å². The highest BCUT2D eigenvalue weighted by Gasteiger charge is 2.36. The lowest BCUT2D eigenvalue weighted by atomic mass is 9.85. The van der Waals surface area contributed by atoms with E-state index in [4.69, 9.17) is 10.5 Å². The van der Waals surface area contributed by atoms with Gasteiger partial charge >= 0.3 is 0 Å². The second-order valence-electron chi connectivity index (χ2n) is 3.97. The van der Waals surface area contributed by atoms with Crippen LogP contribution in [-0.2, 0) is 4.74 Å². The molecule has 3 N–H and O–H groups in total. The van der Waals surface area contributed by atoms with E-state index < -0.39 is 5.60 Å². The van der Waals surface area contributed by atoms with Crippen molar-refractivity contribution in [3.63, 3.8) is 0 Å². The first kappa shape index (κ1) is 10.9. The van der Waals surface area contributed by atoms with E-state index in [0.717, 1.165) is 25.9 Å². The molecule has 4 heteroatoms. The Bertz CT molecular complexity index is 156. The Morgan fingerprint density at radius 2 is 2.08 bits per heavy atom. The fourth-order valence-electron chi connectivity index (χ4n) is 1.71. The summed E-state index contributed by atoms with van der Waals surface area (Å²) in [4.78, 5) is 2.20. The van der Waals surface area contributed by atoms with Crippen molar-refractivity contribution in [2.75, 3.05) is 33.9 Å². The van der Waals surface area contributed by atoms with Gasteiger partial charge in [-0.3, -0.25) is 0 Å². The van der Waals surface area contributed by atoms with Crippen LogP contribution in [0.25, 0.3) is 0 Å². The molecule has 1 aliphatic rings. The second kappa shape index (κ2) is 4.37. The first-order valence-electron chi connectivity index (χ1n) is 4.74. The van der Waals surface area contributed by atoms with Crippen LogP contribution in [0, 0.1) is 0 Å². The van der Waals surface area contributed by atoms with Crippen LogP contribution in [-0.4, -0.2) is 55.5 Å². The summed E-state index contributed by atoms with van der Waals surface area (Å²) in [5.41, 5.74) is 5.13. The first-order chi connectivity index (χ1) is 6.08. The van der Waals surface area contributed by atoms with Gasteiger partial charge in [-0.2, -0.15) is 0 Å². The highest BCUT2D eigenvalue weighted by Crippen LogP contribution is 2.24. The smallest absolute Gasteiger partial charge is 0.0844 e. The molecule has 0 saturated carbocycles. The summed E-state index contributed by atoms with van der Waals surface area (Å²) >= 11 is 0. The monoisotopic (exact) mass is 188 g/mol. The van der Waals surface area contributed by atoms with Gasteiger partial charge in [0.25, 0.3) is 0 Å². The minimum Gasteiger partial charge on any atom is -0.388 e. The Morgan fingerprint density at radius 3 is 2.54 bits per heavy atom. The summed E-state index contributed by atoms with van der Waals surface area (Å²) in [6.07, 6.45) is 1.49. The molecule has 0 amide bonds. The average Bonchev–Trinajstić information content (AvgIpc) is 2.11. The van der Waals surface area contributed by atoms with Crippen LogP contribution in [0.1, 0.15) is 12.8 Å². The zero-order valence-corrected chi connectivity index (χ0v) is 8.49. The predicted molar refractivity (Wildman–Crippen MR) is 51.5 cm³/mol. The molecular formula is C9H20N2O2. The molecule has 0 aromatic heterocycles. The number of nitrogens with two attached hydrogens (primary N) is 1. The minimum atomic E-state index is -0.720. The molecule has 1 atom stereocenters. The minimum absolute atomic E-state index is 0.258. The highest BCUT2D eigenvalue weighted by atomic mass is 16.5. The van der Waals surface area contributed by atoms with Gasteiger partial charge in [-0.1, -0.05) is 0 Å². The van der Waals surface area contributed by atoms with Gasteiger partial charge in [-0.25, -0.2) is 0 Å². The van der Waals surface area contributed by atoms with Crippen LogP contribution in [0.2, 0.25) is 0 Å². The Kier molecular flexibility index (Phi) is 3.67. The van der Waals surface area contributed by atoms with E-state index in [2.05, 4.69) is 11.9 Å². The first-order valence-corrected chi connectivity index (χ1v) is 4.74. The van der Waals surface area contributed by atoms with Gasteiger partial charge in [0.2, 0.25) is 0 Å². The summed E-state index contributed by atoms with van der Waals surface area (Å²) in [6.45, 7) is 2.25. The van der Waals surface area contributed by atoms with Gasteiger partial charge in [0.05, 0.1) is 18.2 Å². The number of nitrogens with zero attached hydrogens (tertiary/aromatic N) is 1. The standard InChI is InChI=1S/C9H20N2O2/c1-11-5-3-9(12,4-6-11)8(10)7-13-2/h8,12H,3-7,10H2,1-2H3. The number of likely N-dealkylation sites (tertiary alicyclic amines) is 1. The Balaban J connectivity index is 2.46. The molecule has 1 unspecified atom stereocenters. The summed E-state index contributed by atoms with van der Waals surface area (Å²) in [5.74, 6) is 0. The molecule has 0 aliphatic carbocycles. The van der Waals surface area contributed by atoms with Gasteiger partial charge in [0, 0.05) is 20.2 Å². The number of methoxy groups -OCH3 is 1. The summed E-state index contributed by atoms with van der Waals surface area (Å²) in [7, 11) is 3.67. The third kappa shape index (κ3) is 2.64. The van der Waals surface area contributed by atoms with Crippen molar-refractivity contribution >= 4 is 0 Å². The summed E-state index contributed by atoms with van der Waals surface area (Å²) < 4.78 is 4.95. The van der Waals surface area contributed by atoms with Crippen LogP contribution in [0.3, 0.4) is 0 Å². The van der Waals surface area contributed by atoms with E-state index in [9.17, 15) is 5.11 Å². The van der Waals surface area contributed by atoms with Gasteiger partial charge in [0.1, 0.15) is 0 Å². The lowest BCUT2D eigenvalue weighted by molar-refractivity contribution is -0.0526. The molecule has 1 heterocycles. The molecule has 1 saturated heterocycles. The Morgan fingerprint density at radius 1 is 1.54 bits per heavy atom. The fraction of sp³-hybridized carbons (Fsp3) is 1.00. The van der Waals surface area contributed by atoms with E-state index in [0.29, 0.717) is 6.61 Å². The SMILES string of the molecule is COCC(N)C1(O)CCN(C)CC1. The molecule has 0 aromatic rings. The van der Waals surface area contributed by atoms with Crippen LogP contribution < -0.4 is 5.73 Å². The van der Waals surface area contributed by atoms with Gasteiger partial charge in [0.15, 0.2) is 0 Å². The molecule has 1 fully saturated rings. The Hall–Kier alpha value is -0.160. The number of ether oxygens (including phenoxy) is 1. The maximum atomic E-state index is 10.2. The van der Waals surface area contributed by atoms with Crippen LogP contribution in [0.4, 0.5) is 0 Å². The van der Waals surface area contributed by atoms with Gasteiger partial charge in [-0.05, 0) is 19.9 Å². The number of aliphatic hydroxyl groups is 1. The van der Waals surface area contributed by atoms with Crippen molar-refractivity contribution in [3.8, 4) is 0 Å². The lowest BCUT2D eigenvalue weighted by Crippen LogP contribution is -2.56. The van der Waals surface area contributed by atoms with E-state index in [1.54, 1.807) is 7.11 Å². The molecule has 0 spiro atoms. The Labute approximate surface area is 79.7 Å². The normalized spacial score (nSPS) is 25.8. The largest absolute Gasteiger partial charge is 0.388 e. The molecule has 1 rings (SSSR count). The maximum Gasteiger partial charge on any atom is 0.0844 e. The zero-order chi connectivity index (χ0) is 9.90. The van der Waals surface area contributed by atoms with Crippen LogP contribution in [0.5, 0.6) is 0 Å². The number of rotatable bonds is 3. The summed E-state index contributed by atoms with van der Waals surface area (Å²) in [5, 5.41) is 10.2. The predicted octanol–water partition coefficient (Wildman–Crippen LogP) is -0.583. The zero-order valence-electron chi connectivity index (χ0n) is 8.49. The molecule has 0 radical (unpaired) electrons. The lowest BCUT2D eigenvalue weighted by Gasteiger charge is -2.40. The van der Waals surface area contributed by atoms with Crippen molar-refractivity contribution in [1.29, 1.82) is 0 Å². The van der Waals surface area contributed by atoms with Crippen molar-refractivity contribution in [2.45, 2.75) is 24.5 Å². The molecule has 4 nitrogen and oxygen atoms in total. The van der Waals surface area contributed by atoms with Crippen LogP contribution >= 0.6 is 0 Å². The molecule has 1 aliphatic heterocycles. The van der Waals surface area contributed by atoms with Gasteiger partial charge < -0.3 is 20.5 Å². The number of hydrogen-bond donors (Lipinski definition) is 2. The van der Waals surface area contributed by atoms with E-state index in [1.165, 1.54) is 0 Å². The molecular weight excluding hydrogens is 168 g/mol. The summed E-state index contributed by atoms with van der Waals surface area (Å²) in [6, 6.07) is -0.258. The van der Waals surface area contributed by atoms with E-state index in [1.807, 2.05) is 0 Å². The fourth-order valence-corrected chi connectivity index (χ4v) is 1.71. The maximum absolute atomic E-state index is 10.2. The quantitative estimate of drug-likeness (QED) is 0.622. The van der Waals surface area contributed by atoms with E-state index in [-0.39, 0.29) is 6.04 Å². The highest BCUT2D eigenvalue weighted by molar-refractivity contribution is 4.93. The average molecular weight is 188 g/mol. The number of piperidine rings is 1. The molecule has 78 valence electrons. The third-order valence-electron chi connectivity index (χ3n) is 2.89. The van der Waals surface area contributed by atoms with Crippen molar-refractivity contribution < 1.29 is 9.84 Å². The molecule has 13 heavy (non-hydrogen) atoms. The number of hydrogen-bond acceptors (Lipinski definition) is 4. The second-order valence-corrected chi connectivity index (χ2v) is 3.97. The van der Waals surface area contributed by atoms with Crippen molar-refractivity contribution in [2.24, 2.45) is 5.73 Å². The van der Waals surface area contributed by atoms with Gasteiger partial charge in [-0.15, -0.1) is 0 Å². The molecule has 0 aromatic carbocycles. The third-order valence-corrected chi connectivity index (χ3v) is 2.89. The van der Waals surface area contributed by atoms with Crippen LogP contribution in [0.15, 0.2) is 0 Å².